The van der Waals surface area contributed by atoms with E-state index in [0.717, 1.165) is 4.90 Å². The number of carboxylic acid groups (broad SMARTS) is 1. The van der Waals surface area contributed by atoms with Gasteiger partial charge in [-0.25, -0.2) is 4.79 Å². The second-order valence-corrected chi connectivity index (χ2v) is 4.10. The Kier molecular flexibility index (Phi) is 4.41. The molecule has 0 saturated heterocycles. The average molecular weight is 264 g/mol. The van der Waals surface area contributed by atoms with Crippen LogP contribution in [-0.4, -0.2) is 29.0 Å². The van der Waals surface area contributed by atoms with Crippen molar-refractivity contribution >= 4 is 35.0 Å². The molecule has 0 radical (unpaired) electrons. The number of aliphatic hydroxyl groups excluding tert-OH is 1. The van der Waals surface area contributed by atoms with E-state index in [4.69, 9.17) is 28.3 Å². The Labute approximate surface area is 103 Å². The molecule has 0 aliphatic rings. The quantitative estimate of drug-likeness (QED) is 0.882. The zero-order valence-electron chi connectivity index (χ0n) is 8.52. The first-order valence-corrected chi connectivity index (χ1v) is 5.31. The molecule has 0 aliphatic heterocycles. The molecular weight excluding hydrogens is 253 g/mol. The lowest BCUT2D eigenvalue weighted by atomic mass is 10.2. The molecule has 0 fully saturated rings. The second-order valence-electron chi connectivity index (χ2n) is 3.32. The molecule has 6 heteroatoms. The van der Waals surface area contributed by atoms with Crippen molar-refractivity contribution in [2.75, 3.05) is 11.4 Å². The maximum Gasteiger partial charge on any atom is 0.411 e. The number of hydrogen-bond donors (Lipinski definition) is 2. The van der Waals surface area contributed by atoms with Crippen LogP contribution in [0, 0.1) is 0 Å². The van der Waals surface area contributed by atoms with Gasteiger partial charge in [-0.1, -0.05) is 29.3 Å². The summed E-state index contributed by atoms with van der Waals surface area (Å²) in [5, 5.41) is 18.6. The fraction of sp³-hybridized carbons (Fsp3) is 0.300. The number of benzene rings is 1. The summed E-state index contributed by atoms with van der Waals surface area (Å²) in [6.45, 7) is 1.43. The summed E-state index contributed by atoms with van der Waals surface area (Å²) in [7, 11) is 0. The van der Waals surface area contributed by atoms with Gasteiger partial charge in [0, 0.05) is 0 Å². The van der Waals surface area contributed by atoms with Crippen LogP contribution in [0.3, 0.4) is 0 Å². The van der Waals surface area contributed by atoms with Crippen LogP contribution in [0.15, 0.2) is 18.2 Å². The van der Waals surface area contributed by atoms with E-state index in [1.54, 1.807) is 12.1 Å². The first-order chi connectivity index (χ1) is 7.43. The molecule has 0 bridgehead atoms. The van der Waals surface area contributed by atoms with Gasteiger partial charge in [0.2, 0.25) is 0 Å². The highest BCUT2D eigenvalue weighted by Gasteiger charge is 2.19. The molecule has 0 heterocycles. The lowest BCUT2D eigenvalue weighted by Crippen LogP contribution is -2.35. The number of halogens is 2. The van der Waals surface area contributed by atoms with Crippen LogP contribution in [0.1, 0.15) is 6.92 Å². The molecular formula is C10H11Cl2NO3. The summed E-state index contributed by atoms with van der Waals surface area (Å²) in [4.78, 5) is 12.0. The first-order valence-electron chi connectivity index (χ1n) is 4.56. The normalized spacial score (nSPS) is 12.2. The number of nitrogens with zero attached hydrogens (tertiary/aromatic N) is 1. The molecule has 0 spiro atoms. The zero-order chi connectivity index (χ0) is 12.3. The van der Waals surface area contributed by atoms with Crippen LogP contribution in [-0.2, 0) is 0 Å². The standard InChI is InChI=1S/C10H11Cl2NO3/c1-6(14)5-13(10(15)16)8-4-2-3-7(11)9(8)12/h2-4,6,14H,5H2,1H3,(H,15,16)/t6-/m0/s1. The van der Waals surface area contributed by atoms with Gasteiger partial charge >= 0.3 is 6.09 Å². The molecule has 88 valence electrons. The van der Waals surface area contributed by atoms with Crippen LogP contribution in [0.25, 0.3) is 0 Å². The Morgan fingerprint density at radius 3 is 2.62 bits per heavy atom. The lowest BCUT2D eigenvalue weighted by Gasteiger charge is -2.22. The minimum Gasteiger partial charge on any atom is -0.465 e. The number of anilines is 1. The summed E-state index contributed by atoms with van der Waals surface area (Å²) in [6.07, 6.45) is -1.98. The van der Waals surface area contributed by atoms with Gasteiger partial charge in [-0.2, -0.15) is 0 Å². The highest BCUT2D eigenvalue weighted by atomic mass is 35.5. The monoisotopic (exact) mass is 263 g/mol. The number of amides is 1. The highest BCUT2D eigenvalue weighted by molar-refractivity contribution is 6.44. The van der Waals surface area contributed by atoms with E-state index in [1.165, 1.54) is 13.0 Å². The molecule has 1 atom stereocenters. The van der Waals surface area contributed by atoms with Crippen LogP contribution in [0.5, 0.6) is 0 Å². The molecule has 0 unspecified atom stereocenters. The van der Waals surface area contributed by atoms with Crippen LogP contribution >= 0.6 is 23.2 Å². The maximum absolute atomic E-state index is 11.0. The number of carbonyl (C=O) groups is 1. The van der Waals surface area contributed by atoms with Crippen molar-refractivity contribution in [3.63, 3.8) is 0 Å². The summed E-state index contributed by atoms with van der Waals surface area (Å²) >= 11 is 11.7. The van der Waals surface area contributed by atoms with Crippen molar-refractivity contribution < 1.29 is 15.0 Å². The Hall–Kier alpha value is -0.970. The van der Waals surface area contributed by atoms with E-state index < -0.39 is 12.2 Å². The van der Waals surface area contributed by atoms with Gasteiger partial charge in [0.05, 0.1) is 28.4 Å². The van der Waals surface area contributed by atoms with Gasteiger partial charge < -0.3 is 10.2 Å². The van der Waals surface area contributed by atoms with Crippen molar-refractivity contribution in [1.82, 2.24) is 0 Å². The third-order valence-corrected chi connectivity index (χ3v) is 2.71. The fourth-order valence-electron chi connectivity index (χ4n) is 1.24. The van der Waals surface area contributed by atoms with Gasteiger partial charge in [-0.3, -0.25) is 4.90 Å². The third-order valence-electron chi connectivity index (χ3n) is 1.90. The highest BCUT2D eigenvalue weighted by Crippen LogP contribution is 2.32. The van der Waals surface area contributed by atoms with E-state index in [1.807, 2.05) is 0 Å². The summed E-state index contributed by atoms with van der Waals surface area (Å²) in [6, 6.07) is 4.70. The minimum atomic E-state index is -1.19. The Morgan fingerprint density at radius 1 is 1.50 bits per heavy atom. The zero-order valence-corrected chi connectivity index (χ0v) is 10.0. The molecule has 0 aliphatic carbocycles. The molecule has 4 nitrogen and oxygen atoms in total. The first kappa shape index (κ1) is 13.1. The van der Waals surface area contributed by atoms with Crippen LogP contribution < -0.4 is 4.90 Å². The van der Waals surface area contributed by atoms with Crippen molar-refractivity contribution in [2.24, 2.45) is 0 Å². The van der Waals surface area contributed by atoms with E-state index in [9.17, 15) is 9.90 Å². The predicted octanol–water partition coefficient (Wildman–Crippen LogP) is 2.86. The topological polar surface area (TPSA) is 60.8 Å². The van der Waals surface area contributed by atoms with Gasteiger partial charge in [0.25, 0.3) is 0 Å². The van der Waals surface area contributed by atoms with Crippen molar-refractivity contribution in [3.8, 4) is 0 Å². The van der Waals surface area contributed by atoms with Gasteiger partial charge in [0.15, 0.2) is 0 Å². The van der Waals surface area contributed by atoms with Crippen molar-refractivity contribution in [1.29, 1.82) is 0 Å². The fourth-order valence-corrected chi connectivity index (χ4v) is 1.64. The summed E-state index contributed by atoms with van der Waals surface area (Å²) in [5.74, 6) is 0. The SMILES string of the molecule is C[C@H](O)CN(C(=O)O)c1cccc(Cl)c1Cl. The lowest BCUT2D eigenvalue weighted by molar-refractivity contribution is 0.180. The van der Waals surface area contributed by atoms with Gasteiger partial charge in [-0.15, -0.1) is 0 Å². The Balaban J connectivity index is 3.11. The van der Waals surface area contributed by atoms with Crippen LogP contribution in [0.2, 0.25) is 10.0 Å². The van der Waals surface area contributed by atoms with E-state index in [0.29, 0.717) is 0 Å². The smallest absolute Gasteiger partial charge is 0.411 e. The van der Waals surface area contributed by atoms with Crippen molar-refractivity contribution in [2.45, 2.75) is 13.0 Å². The molecule has 1 aromatic carbocycles. The number of rotatable bonds is 3. The number of hydrogen-bond acceptors (Lipinski definition) is 2. The molecule has 0 saturated carbocycles. The minimum absolute atomic E-state index is 0.0601. The van der Waals surface area contributed by atoms with Crippen molar-refractivity contribution in [3.05, 3.63) is 28.2 Å². The third kappa shape index (κ3) is 3.01. The molecule has 1 amide bonds. The van der Waals surface area contributed by atoms with Gasteiger partial charge in [-0.05, 0) is 19.1 Å². The average Bonchev–Trinajstić information content (AvgIpc) is 2.18. The summed E-state index contributed by atoms with van der Waals surface area (Å²) < 4.78 is 0. The second kappa shape index (κ2) is 5.39. The van der Waals surface area contributed by atoms with Crippen LogP contribution in [0.4, 0.5) is 10.5 Å². The maximum atomic E-state index is 11.0. The molecule has 0 aromatic heterocycles. The van der Waals surface area contributed by atoms with Gasteiger partial charge in [0.1, 0.15) is 0 Å². The Morgan fingerprint density at radius 2 is 2.12 bits per heavy atom. The summed E-state index contributed by atoms with van der Waals surface area (Å²) in [5.41, 5.74) is 0.266. The molecule has 1 rings (SSSR count). The predicted molar refractivity (Wildman–Crippen MR) is 63.5 cm³/mol. The number of aliphatic hydroxyl groups is 1. The molecule has 16 heavy (non-hydrogen) atoms. The molecule has 2 N–H and O–H groups in total. The van der Waals surface area contributed by atoms with E-state index >= 15 is 0 Å². The molecule has 1 aromatic rings. The largest absolute Gasteiger partial charge is 0.465 e. The van der Waals surface area contributed by atoms with E-state index in [-0.39, 0.29) is 22.3 Å². The van der Waals surface area contributed by atoms with E-state index in [2.05, 4.69) is 0 Å². The Bertz CT molecular complexity index is 396.